The molecular formula is C19H25N3O2S. The number of hydrogen-bond donors (Lipinski definition) is 1. The van der Waals surface area contributed by atoms with E-state index in [2.05, 4.69) is 29.9 Å². The van der Waals surface area contributed by atoms with Crippen LogP contribution in [0.5, 0.6) is 0 Å². The van der Waals surface area contributed by atoms with Crippen molar-refractivity contribution in [3.63, 3.8) is 0 Å². The zero-order chi connectivity index (χ0) is 17.8. The van der Waals surface area contributed by atoms with Gasteiger partial charge in [-0.05, 0) is 50.0 Å². The summed E-state index contributed by atoms with van der Waals surface area (Å²) in [6.07, 6.45) is 4.50. The molecule has 1 saturated carbocycles. The van der Waals surface area contributed by atoms with Gasteiger partial charge in [-0.1, -0.05) is 13.8 Å². The minimum atomic E-state index is -0.397. The molecule has 0 spiro atoms. The Kier molecular flexibility index (Phi) is 4.07. The second kappa shape index (κ2) is 6.02. The monoisotopic (exact) mass is 359 g/mol. The molecule has 3 heterocycles. The van der Waals surface area contributed by atoms with E-state index in [1.807, 2.05) is 6.92 Å². The Bertz CT molecular complexity index is 813. The third kappa shape index (κ3) is 3.17. The fourth-order valence-corrected chi connectivity index (χ4v) is 5.11. The first kappa shape index (κ1) is 16.9. The molecule has 1 amide bonds. The lowest BCUT2D eigenvalue weighted by atomic mass is 9.73. The number of likely N-dealkylation sites (tertiary alicyclic amines) is 1. The smallest absolute Gasteiger partial charge is 0.273 e. The van der Waals surface area contributed by atoms with E-state index in [9.17, 15) is 9.90 Å². The number of carbonyl (C=O) groups is 1. The van der Waals surface area contributed by atoms with Crippen LogP contribution in [0.25, 0.3) is 10.2 Å². The molecule has 0 bridgehead atoms. The van der Waals surface area contributed by atoms with Gasteiger partial charge in [-0.3, -0.25) is 4.79 Å². The lowest BCUT2D eigenvalue weighted by Crippen LogP contribution is -2.53. The minimum Gasteiger partial charge on any atom is -0.389 e. The molecular weight excluding hydrogens is 334 g/mol. The third-order valence-corrected chi connectivity index (χ3v) is 6.81. The predicted octanol–water partition coefficient (Wildman–Crippen LogP) is 3.50. The van der Waals surface area contributed by atoms with E-state index in [1.54, 1.807) is 16.2 Å². The molecule has 25 heavy (non-hydrogen) atoms. The van der Waals surface area contributed by atoms with Gasteiger partial charge in [-0.25, -0.2) is 9.97 Å². The number of amides is 1. The number of aryl methyl sites for hydroxylation is 1. The molecule has 2 aromatic rings. The summed E-state index contributed by atoms with van der Waals surface area (Å²) in [7, 11) is 0. The number of aliphatic hydroxyl groups excluding tert-OH is 1. The van der Waals surface area contributed by atoms with Crippen LogP contribution >= 0.6 is 11.3 Å². The number of β-amino-alcohol motifs (C(OH)–C–C–N with tert-alkyl or cyclic N) is 1. The number of thiophene rings is 1. The summed E-state index contributed by atoms with van der Waals surface area (Å²) >= 11 is 1.72. The van der Waals surface area contributed by atoms with Crippen molar-refractivity contribution in [1.82, 2.24) is 14.9 Å². The molecule has 0 atom stereocenters. The van der Waals surface area contributed by atoms with Gasteiger partial charge in [0.1, 0.15) is 16.3 Å². The van der Waals surface area contributed by atoms with Crippen LogP contribution in [0.15, 0.2) is 6.07 Å². The highest BCUT2D eigenvalue weighted by atomic mass is 32.1. The average Bonchev–Trinajstić information content (AvgIpc) is 2.94. The Labute approximate surface area is 152 Å². The highest BCUT2D eigenvalue weighted by molar-refractivity contribution is 7.18. The lowest BCUT2D eigenvalue weighted by Gasteiger charge is -2.35. The second-order valence-electron chi connectivity index (χ2n) is 8.29. The Morgan fingerprint density at radius 1 is 1.28 bits per heavy atom. The molecule has 6 heteroatoms. The van der Waals surface area contributed by atoms with Crippen molar-refractivity contribution in [2.45, 2.75) is 58.5 Å². The molecule has 2 fully saturated rings. The van der Waals surface area contributed by atoms with Crippen LogP contribution in [0.1, 0.15) is 66.6 Å². The molecule has 1 saturated heterocycles. The highest BCUT2D eigenvalue weighted by Gasteiger charge is 2.33. The van der Waals surface area contributed by atoms with E-state index in [0.717, 1.165) is 10.2 Å². The lowest BCUT2D eigenvalue weighted by molar-refractivity contribution is 0.00563. The van der Waals surface area contributed by atoms with Crippen molar-refractivity contribution in [2.75, 3.05) is 13.1 Å². The summed E-state index contributed by atoms with van der Waals surface area (Å²) in [5, 5.41) is 10.4. The first-order chi connectivity index (χ1) is 11.8. The van der Waals surface area contributed by atoms with Gasteiger partial charge in [0.2, 0.25) is 0 Å². The summed E-state index contributed by atoms with van der Waals surface area (Å²) in [6.45, 7) is 7.34. The van der Waals surface area contributed by atoms with E-state index in [4.69, 9.17) is 0 Å². The van der Waals surface area contributed by atoms with Crippen LogP contribution < -0.4 is 0 Å². The van der Waals surface area contributed by atoms with Gasteiger partial charge in [0.05, 0.1) is 6.10 Å². The number of rotatable bonds is 2. The second-order valence-corrected chi connectivity index (χ2v) is 9.35. The summed E-state index contributed by atoms with van der Waals surface area (Å²) in [6, 6.07) is 2.14. The number of carbonyl (C=O) groups excluding carboxylic acids is 1. The van der Waals surface area contributed by atoms with Crippen molar-refractivity contribution >= 4 is 27.5 Å². The van der Waals surface area contributed by atoms with Crippen LogP contribution in [-0.4, -0.2) is 45.1 Å². The molecule has 5 nitrogen and oxygen atoms in total. The largest absolute Gasteiger partial charge is 0.389 e. The van der Waals surface area contributed by atoms with Gasteiger partial charge >= 0.3 is 0 Å². The zero-order valence-electron chi connectivity index (χ0n) is 15.1. The molecule has 134 valence electrons. The maximum absolute atomic E-state index is 12.7. The molecule has 4 rings (SSSR count). The van der Waals surface area contributed by atoms with Gasteiger partial charge in [0.25, 0.3) is 5.91 Å². The van der Waals surface area contributed by atoms with Crippen LogP contribution in [0.4, 0.5) is 0 Å². The molecule has 0 aromatic carbocycles. The van der Waals surface area contributed by atoms with Crippen molar-refractivity contribution in [3.8, 4) is 0 Å². The number of fused-ring (bicyclic) bond motifs is 1. The maximum atomic E-state index is 12.7. The van der Waals surface area contributed by atoms with Crippen LogP contribution in [-0.2, 0) is 0 Å². The number of nitrogens with zero attached hydrogens (tertiary/aromatic N) is 3. The molecule has 2 aliphatic rings. The SMILES string of the molecule is Cc1nc(C(=O)N2CC(O)C2)c2cc(C3CCC(C)(C)CC3)sc2n1. The fraction of sp³-hybridized carbons (Fsp3) is 0.632. The number of hydrogen-bond acceptors (Lipinski definition) is 5. The predicted molar refractivity (Wildman–Crippen MR) is 99.1 cm³/mol. The van der Waals surface area contributed by atoms with Gasteiger partial charge in [-0.15, -0.1) is 11.3 Å². The van der Waals surface area contributed by atoms with E-state index in [-0.39, 0.29) is 5.91 Å². The van der Waals surface area contributed by atoms with Crippen molar-refractivity contribution in [1.29, 1.82) is 0 Å². The van der Waals surface area contributed by atoms with Gasteiger partial charge in [0.15, 0.2) is 0 Å². The van der Waals surface area contributed by atoms with Crippen LogP contribution in [0.3, 0.4) is 0 Å². The molecule has 0 unspecified atom stereocenters. The topological polar surface area (TPSA) is 66.3 Å². The summed E-state index contributed by atoms with van der Waals surface area (Å²) in [5.74, 6) is 1.12. The van der Waals surface area contributed by atoms with Gasteiger partial charge in [0, 0.05) is 23.4 Å². The fourth-order valence-electron chi connectivity index (χ4n) is 3.87. The summed E-state index contributed by atoms with van der Waals surface area (Å²) in [5.41, 5.74) is 0.941. The third-order valence-electron chi connectivity index (χ3n) is 5.62. The zero-order valence-corrected chi connectivity index (χ0v) is 15.9. The molecule has 2 aromatic heterocycles. The van der Waals surface area contributed by atoms with Crippen molar-refractivity contribution < 1.29 is 9.90 Å². The normalized spacial score (nSPS) is 21.5. The molecule has 1 aliphatic carbocycles. The first-order valence-corrected chi connectivity index (χ1v) is 9.89. The number of aromatic nitrogens is 2. The average molecular weight is 359 g/mol. The van der Waals surface area contributed by atoms with E-state index < -0.39 is 6.10 Å². The van der Waals surface area contributed by atoms with Crippen LogP contribution in [0.2, 0.25) is 0 Å². The Balaban J connectivity index is 1.66. The quantitative estimate of drug-likeness (QED) is 0.891. The van der Waals surface area contributed by atoms with E-state index >= 15 is 0 Å². The van der Waals surface area contributed by atoms with Gasteiger partial charge < -0.3 is 10.0 Å². The first-order valence-electron chi connectivity index (χ1n) is 9.08. The maximum Gasteiger partial charge on any atom is 0.273 e. The molecule has 0 radical (unpaired) electrons. The number of aliphatic hydroxyl groups is 1. The Morgan fingerprint density at radius 3 is 2.60 bits per heavy atom. The summed E-state index contributed by atoms with van der Waals surface area (Å²) < 4.78 is 0. The molecule has 1 N–H and O–H groups in total. The van der Waals surface area contributed by atoms with Crippen molar-refractivity contribution in [2.24, 2.45) is 5.41 Å². The highest BCUT2D eigenvalue weighted by Crippen LogP contribution is 2.45. The minimum absolute atomic E-state index is 0.0880. The standard InChI is InChI=1S/C19H25N3O2S/c1-11-20-16(18(24)22-9-13(23)10-22)14-8-15(25-17(14)21-11)12-4-6-19(2,3)7-5-12/h8,12-13,23H,4-7,9-10H2,1-3H3. The molecule has 1 aliphatic heterocycles. The van der Waals surface area contributed by atoms with Crippen molar-refractivity contribution in [3.05, 3.63) is 22.5 Å². The van der Waals surface area contributed by atoms with Crippen LogP contribution in [0, 0.1) is 12.3 Å². The summed E-state index contributed by atoms with van der Waals surface area (Å²) in [4.78, 5) is 25.6. The Hall–Kier alpha value is -1.53. The van der Waals surface area contributed by atoms with Gasteiger partial charge in [-0.2, -0.15) is 0 Å². The van der Waals surface area contributed by atoms with E-state index in [0.29, 0.717) is 35.9 Å². The Morgan fingerprint density at radius 2 is 1.96 bits per heavy atom. The van der Waals surface area contributed by atoms with E-state index in [1.165, 1.54) is 30.6 Å².